The first-order valence-electron chi connectivity index (χ1n) is 4.86. The van der Waals surface area contributed by atoms with Crippen molar-refractivity contribution in [1.82, 2.24) is 0 Å². The molecule has 0 aliphatic carbocycles. The van der Waals surface area contributed by atoms with Gasteiger partial charge in [-0.3, -0.25) is 0 Å². The van der Waals surface area contributed by atoms with Crippen molar-refractivity contribution in [2.45, 2.75) is 13.0 Å². The quantitative estimate of drug-likeness (QED) is 0.806. The zero-order valence-electron chi connectivity index (χ0n) is 8.77. The topological polar surface area (TPSA) is 46.2 Å². The molecule has 2 aromatic rings. The van der Waals surface area contributed by atoms with Gasteiger partial charge in [-0.15, -0.1) is 11.3 Å². The van der Waals surface area contributed by atoms with Crippen LogP contribution in [0.3, 0.4) is 0 Å². The summed E-state index contributed by atoms with van der Waals surface area (Å²) in [4.78, 5) is 1.17. The predicted octanol–water partition coefficient (Wildman–Crippen LogP) is 3.37. The number of aryl methyl sites for hydroxylation is 1. The molecule has 0 saturated carbocycles. The maximum absolute atomic E-state index is 10.2. The maximum atomic E-state index is 10.2. The number of thiophene rings is 1. The Kier molecular flexibility index (Phi) is 3.19. The van der Waals surface area contributed by atoms with Crippen molar-refractivity contribution >= 4 is 28.6 Å². The number of rotatable bonds is 2. The van der Waals surface area contributed by atoms with E-state index in [0.717, 1.165) is 5.56 Å². The molecule has 1 aromatic carbocycles. The van der Waals surface area contributed by atoms with E-state index in [1.54, 1.807) is 29.5 Å². The molecule has 0 spiro atoms. The van der Waals surface area contributed by atoms with E-state index in [-0.39, 0.29) is 0 Å². The van der Waals surface area contributed by atoms with Crippen LogP contribution in [0.2, 0.25) is 5.02 Å². The number of halogens is 1. The van der Waals surface area contributed by atoms with Crippen molar-refractivity contribution in [2.24, 2.45) is 0 Å². The summed E-state index contributed by atoms with van der Waals surface area (Å²) in [5, 5.41) is 12.7. The second-order valence-corrected chi connectivity index (χ2v) is 5.22. The third-order valence-corrected chi connectivity index (χ3v) is 3.52. The highest BCUT2D eigenvalue weighted by Gasteiger charge is 2.14. The fourth-order valence-electron chi connectivity index (χ4n) is 1.58. The van der Waals surface area contributed by atoms with Crippen LogP contribution in [-0.4, -0.2) is 5.11 Å². The van der Waals surface area contributed by atoms with Crippen LogP contribution >= 0.6 is 22.9 Å². The Morgan fingerprint density at radius 1 is 1.38 bits per heavy atom. The number of anilines is 1. The predicted molar refractivity (Wildman–Crippen MR) is 69.0 cm³/mol. The minimum atomic E-state index is -0.679. The van der Waals surface area contributed by atoms with E-state index in [1.807, 2.05) is 18.4 Å². The van der Waals surface area contributed by atoms with Gasteiger partial charge < -0.3 is 10.8 Å². The van der Waals surface area contributed by atoms with Crippen LogP contribution < -0.4 is 5.73 Å². The highest BCUT2D eigenvalue weighted by atomic mass is 35.5. The van der Waals surface area contributed by atoms with E-state index in [9.17, 15) is 5.11 Å². The highest BCUT2D eigenvalue weighted by molar-refractivity contribution is 7.10. The smallest absolute Gasteiger partial charge is 0.107 e. The Morgan fingerprint density at radius 3 is 2.69 bits per heavy atom. The molecule has 0 radical (unpaired) electrons. The summed E-state index contributed by atoms with van der Waals surface area (Å²) in [5.74, 6) is 0. The van der Waals surface area contributed by atoms with Crippen LogP contribution in [0.1, 0.15) is 22.1 Å². The lowest BCUT2D eigenvalue weighted by atomic mass is 10.0. The lowest BCUT2D eigenvalue weighted by Gasteiger charge is -2.12. The molecule has 0 fully saturated rings. The average Bonchev–Trinajstić information content (AvgIpc) is 2.64. The second kappa shape index (κ2) is 4.45. The maximum Gasteiger partial charge on any atom is 0.107 e. The van der Waals surface area contributed by atoms with Gasteiger partial charge in [-0.25, -0.2) is 0 Å². The van der Waals surface area contributed by atoms with Crippen molar-refractivity contribution < 1.29 is 5.11 Å². The molecular formula is C12H12ClNOS. The van der Waals surface area contributed by atoms with Gasteiger partial charge in [-0.2, -0.15) is 0 Å². The number of hydrogen-bond donors (Lipinski definition) is 2. The third-order valence-electron chi connectivity index (χ3n) is 2.41. The van der Waals surface area contributed by atoms with Crippen LogP contribution in [0.5, 0.6) is 0 Å². The van der Waals surface area contributed by atoms with Crippen molar-refractivity contribution in [1.29, 1.82) is 0 Å². The molecule has 0 aliphatic rings. The minimum Gasteiger partial charge on any atom is -0.398 e. The molecule has 1 heterocycles. The summed E-state index contributed by atoms with van der Waals surface area (Å²) in [5.41, 5.74) is 7.91. The highest BCUT2D eigenvalue weighted by Crippen LogP contribution is 2.30. The standard InChI is InChI=1S/C12H12ClNOS/c1-7-4-8(6-16-7)12(15)10-3-2-9(13)5-11(10)14/h2-6,12,15H,14H2,1H3. The zero-order chi connectivity index (χ0) is 11.7. The molecule has 0 aliphatic heterocycles. The van der Waals surface area contributed by atoms with Crippen LogP contribution in [-0.2, 0) is 0 Å². The fraction of sp³-hybridized carbons (Fsp3) is 0.167. The molecule has 2 rings (SSSR count). The van der Waals surface area contributed by atoms with Gasteiger partial charge in [-0.1, -0.05) is 17.7 Å². The number of nitrogen functional groups attached to an aromatic ring is 1. The molecule has 2 nitrogen and oxygen atoms in total. The Balaban J connectivity index is 2.37. The van der Waals surface area contributed by atoms with E-state index in [0.29, 0.717) is 16.3 Å². The zero-order valence-corrected chi connectivity index (χ0v) is 10.3. The summed E-state index contributed by atoms with van der Waals surface area (Å²) in [6.07, 6.45) is -0.679. The summed E-state index contributed by atoms with van der Waals surface area (Å²) in [7, 11) is 0. The monoisotopic (exact) mass is 253 g/mol. The number of benzene rings is 1. The first-order valence-corrected chi connectivity index (χ1v) is 6.11. The number of aliphatic hydroxyl groups is 1. The molecule has 1 aromatic heterocycles. The molecule has 16 heavy (non-hydrogen) atoms. The van der Waals surface area contributed by atoms with Gasteiger partial charge in [0.1, 0.15) is 6.10 Å². The molecule has 84 valence electrons. The van der Waals surface area contributed by atoms with E-state index in [4.69, 9.17) is 17.3 Å². The summed E-state index contributed by atoms with van der Waals surface area (Å²) >= 11 is 7.42. The average molecular weight is 254 g/mol. The molecule has 0 saturated heterocycles. The molecular weight excluding hydrogens is 242 g/mol. The second-order valence-electron chi connectivity index (χ2n) is 3.67. The number of hydrogen-bond acceptors (Lipinski definition) is 3. The van der Waals surface area contributed by atoms with Crippen LogP contribution in [0.15, 0.2) is 29.6 Å². The first-order chi connectivity index (χ1) is 7.58. The van der Waals surface area contributed by atoms with Crippen molar-refractivity contribution in [3.8, 4) is 0 Å². The van der Waals surface area contributed by atoms with Crippen LogP contribution in [0, 0.1) is 6.92 Å². The van der Waals surface area contributed by atoms with Gasteiger partial charge in [-0.05, 0) is 36.1 Å². The SMILES string of the molecule is Cc1cc(C(O)c2ccc(Cl)cc2N)cs1. The van der Waals surface area contributed by atoms with Crippen molar-refractivity contribution in [3.05, 3.63) is 50.7 Å². The van der Waals surface area contributed by atoms with Crippen molar-refractivity contribution in [2.75, 3.05) is 5.73 Å². The lowest BCUT2D eigenvalue weighted by Crippen LogP contribution is -2.02. The van der Waals surface area contributed by atoms with Gasteiger partial charge >= 0.3 is 0 Å². The molecule has 1 unspecified atom stereocenters. The molecule has 1 atom stereocenters. The van der Waals surface area contributed by atoms with E-state index >= 15 is 0 Å². The molecule has 4 heteroatoms. The molecule has 3 N–H and O–H groups in total. The van der Waals surface area contributed by atoms with Crippen LogP contribution in [0.4, 0.5) is 5.69 Å². The van der Waals surface area contributed by atoms with Gasteiger partial charge in [0.25, 0.3) is 0 Å². The van der Waals surface area contributed by atoms with Gasteiger partial charge in [0, 0.05) is 21.2 Å². The molecule has 0 bridgehead atoms. The number of nitrogens with two attached hydrogens (primary N) is 1. The van der Waals surface area contributed by atoms with Gasteiger partial charge in [0.2, 0.25) is 0 Å². The Labute approximate surface area is 103 Å². The van der Waals surface area contributed by atoms with Gasteiger partial charge in [0.15, 0.2) is 0 Å². The largest absolute Gasteiger partial charge is 0.398 e. The van der Waals surface area contributed by atoms with E-state index < -0.39 is 6.10 Å². The van der Waals surface area contributed by atoms with E-state index in [1.165, 1.54) is 4.88 Å². The third kappa shape index (κ3) is 2.21. The van der Waals surface area contributed by atoms with Gasteiger partial charge in [0.05, 0.1) is 0 Å². The summed E-state index contributed by atoms with van der Waals surface area (Å²) in [6, 6.07) is 7.10. The van der Waals surface area contributed by atoms with Crippen molar-refractivity contribution in [3.63, 3.8) is 0 Å². The Morgan fingerprint density at radius 2 is 2.12 bits per heavy atom. The lowest BCUT2D eigenvalue weighted by molar-refractivity contribution is 0.221. The minimum absolute atomic E-state index is 0.517. The normalized spacial score (nSPS) is 12.7. The number of aliphatic hydroxyl groups excluding tert-OH is 1. The summed E-state index contributed by atoms with van der Waals surface area (Å²) in [6.45, 7) is 2.01. The Bertz CT molecular complexity index is 509. The Hall–Kier alpha value is -1.03. The van der Waals surface area contributed by atoms with Crippen LogP contribution in [0.25, 0.3) is 0 Å². The van der Waals surface area contributed by atoms with E-state index in [2.05, 4.69) is 0 Å². The molecule has 0 amide bonds. The first kappa shape index (κ1) is 11.5. The fourth-order valence-corrected chi connectivity index (χ4v) is 2.48. The summed E-state index contributed by atoms with van der Waals surface area (Å²) < 4.78 is 0.